The van der Waals surface area contributed by atoms with E-state index in [0.717, 1.165) is 5.56 Å². The van der Waals surface area contributed by atoms with Gasteiger partial charge in [0.05, 0.1) is 17.3 Å². The SMILES string of the molecule is CC(C)c1c(Cl)ncnc1-c1cc(F)cc(C#N)c1. The predicted octanol–water partition coefficient (Wildman–Crippen LogP) is 3.93. The Morgan fingerprint density at radius 1 is 1.26 bits per heavy atom. The number of aromatic nitrogens is 2. The lowest BCUT2D eigenvalue weighted by molar-refractivity contribution is 0.627. The van der Waals surface area contributed by atoms with Crippen molar-refractivity contribution in [3.63, 3.8) is 0 Å². The number of rotatable bonds is 2. The molecular weight excluding hydrogens is 265 g/mol. The highest BCUT2D eigenvalue weighted by atomic mass is 35.5. The molecule has 0 aliphatic carbocycles. The van der Waals surface area contributed by atoms with Crippen molar-refractivity contribution in [1.82, 2.24) is 9.97 Å². The zero-order valence-corrected chi connectivity index (χ0v) is 11.2. The molecule has 0 spiro atoms. The number of nitrogens with zero attached hydrogens (tertiary/aromatic N) is 3. The molecule has 2 rings (SSSR count). The molecule has 0 amide bonds. The van der Waals surface area contributed by atoms with Crippen LogP contribution in [0.3, 0.4) is 0 Å². The van der Waals surface area contributed by atoms with Crippen LogP contribution in [0.1, 0.15) is 30.9 Å². The van der Waals surface area contributed by atoms with Crippen molar-refractivity contribution in [2.24, 2.45) is 0 Å². The van der Waals surface area contributed by atoms with Crippen LogP contribution >= 0.6 is 11.6 Å². The molecule has 0 atom stereocenters. The molecule has 1 aromatic heterocycles. The molecule has 96 valence electrons. The van der Waals surface area contributed by atoms with Gasteiger partial charge in [-0.15, -0.1) is 0 Å². The number of hydrogen-bond donors (Lipinski definition) is 0. The van der Waals surface area contributed by atoms with Gasteiger partial charge in [0.15, 0.2) is 0 Å². The Hall–Kier alpha value is -1.99. The summed E-state index contributed by atoms with van der Waals surface area (Å²) >= 11 is 6.08. The van der Waals surface area contributed by atoms with Crippen LogP contribution in [0, 0.1) is 17.1 Å². The quantitative estimate of drug-likeness (QED) is 0.780. The molecule has 0 saturated heterocycles. The average Bonchev–Trinajstić information content (AvgIpc) is 2.37. The van der Waals surface area contributed by atoms with E-state index in [4.69, 9.17) is 16.9 Å². The molecular formula is C14H11ClFN3. The zero-order chi connectivity index (χ0) is 14.0. The third-order valence-corrected chi connectivity index (χ3v) is 3.01. The fraction of sp³-hybridized carbons (Fsp3) is 0.214. The first-order valence-electron chi connectivity index (χ1n) is 5.74. The summed E-state index contributed by atoms with van der Waals surface area (Å²) in [5, 5.41) is 9.24. The van der Waals surface area contributed by atoms with Crippen LogP contribution in [0.2, 0.25) is 5.15 Å². The van der Waals surface area contributed by atoms with Gasteiger partial charge in [-0.25, -0.2) is 14.4 Å². The molecule has 0 bridgehead atoms. The van der Waals surface area contributed by atoms with Gasteiger partial charge < -0.3 is 0 Å². The van der Waals surface area contributed by atoms with Gasteiger partial charge in [-0.1, -0.05) is 25.4 Å². The highest BCUT2D eigenvalue weighted by Crippen LogP contribution is 2.32. The van der Waals surface area contributed by atoms with E-state index in [-0.39, 0.29) is 11.5 Å². The molecule has 1 aromatic carbocycles. The summed E-state index contributed by atoms with van der Waals surface area (Å²) in [6, 6.07) is 6.04. The third kappa shape index (κ3) is 2.72. The average molecular weight is 276 g/mol. The maximum atomic E-state index is 13.5. The van der Waals surface area contributed by atoms with E-state index >= 15 is 0 Å². The Bertz CT molecular complexity index is 662. The van der Waals surface area contributed by atoms with Crippen molar-refractivity contribution in [2.75, 3.05) is 0 Å². The minimum Gasteiger partial charge on any atom is -0.236 e. The van der Waals surface area contributed by atoms with Crippen LogP contribution in [-0.2, 0) is 0 Å². The number of hydrogen-bond acceptors (Lipinski definition) is 3. The van der Waals surface area contributed by atoms with Crippen LogP contribution in [0.25, 0.3) is 11.3 Å². The monoisotopic (exact) mass is 275 g/mol. The Balaban J connectivity index is 2.69. The highest BCUT2D eigenvalue weighted by Gasteiger charge is 2.16. The summed E-state index contributed by atoms with van der Waals surface area (Å²) < 4.78 is 13.5. The molecule has 0 saturated carbocycles. The smallest absolute Gasteiger partial charge is 0.136 e. The Kier molecular flexibility index (Phi) is 3.77. The van der Waals surface area contributed by atoms with Crippen LogP contribution < -0.4 is 0 Å². The van der Waals surface area contributed by atoms with Gasteiger partial charge in [-0.3, -0.25) is 0 Å². The van der Waals surface area contributed by atoms with Gasteiger partial charge in [-0.05, 0) is 24.1 Å². The van der Waals surface area contributed by atoms with Gasteiger partial charge in [0.2, 0.25) is 0 Å². The number of halogens is 2. The molecule has 0 radical (unpaired) electrons. The molecule has 0 unspecified atom stereocenters. The fourth-order valence-corrected chi connectivity index (χ4v) is 2.26. The molecule has 1 heterocycles. The van der Waals surface area contributed by atoms with E-state index in [1.54, 1.807) is 6.07 Å². The summed E-state index contributed by atoms with van der Waals surface area (Å²) in [7, 11) is 0. The van der Waals surface area contributed by atoms with E-state index in [2.05, 4.69) is 9.97 Å². The Morgan fingerprint density at radius 2 is 2.00 bits per heavy atom. The largest absolute Gasteiger partial charge is 0.236 e. The highest BCUT2D eigenvalue weighted by molar-refractivity contribution is 6.30. The minimum absolute atomic E-state index is 0.0949. The first kappa shape index (κ1) is 13.4. The summed E-state index contributed by atoms with van der Waals surface area (Å²) in [6.07, 6.45) is 1.33. The molecule has 19 heavy (non-hydrogen) atoms. The summed E-state index contributed by atoms with van der Waals surface area (Å²) in [5.41, 5.74) is 2.09. The van der Waals surface area contributed by atoms with Gasteiger partial charge in [0.1, 0.15) is 17.3 Å². The van der Waals surface area contributed by atoms with Crippen LogP contribution in [0.4, 0.5) is 4.39 Å². The zero-order valence-electron chi connectivity index (χ0n) is 10.5. The van der Waals surface area contributed by atoms with Gasteiger partial charge in [0.25, 0.3) is 0 Å². The second-order valence-corrected chi connectivity index (χ2v) is 4.78. The standard InChI is InChI=1S/C14H11ClFN3/c1-8(2)12-13(18-7-19-14(12)15)10-3-9(6-17)4-11(16)5-10/h3-5,7-8H,1-2H3. The maximum Gasteiger partial charge on any atom is 0.136 e. The van der Waals surface area contributed by atoms with Gasteiger partial charge >= 0.3 is 0 Å². The lowest BCUT2D eigenvalue weighted by Crippen LogP contribution is -1.99. The number of benzene rings is 1. The maximum absolute atomic E-state index is 13.5. The van der Waals surface area contributed by atoms with Crippen LogP contribution in [0.15, 0.2) is 24.5 Å². The Morgan fingerprint density at radius 3 is 2.63 bits per heavy atom. The molecule has 3 nitrogen and oxygen atoms in total. The van der Waals surface area contributed by atoms with Crippen LogP contribution in [-0.4, -0.2) is 9.97 Å². The first-order valence-corrected chi connectivity index (χ1v) is 6.12. The summed E-state index contributed by atoms with van der Waals surface area (Å²) in [5.74, 6) is -0.379. The second-order valence-electron chi connectivity index (χ2n) is 4.42. The van der Waals surface area contributed by atoms with Crippen molar-refractivity contribution in [3.8, 4) is 17.3 Å². The molecule has 0 aliphatic rings. The van der Waals surface area contributed by atoms with Crippen molar-refractivity contribution in [2.45, 2.75) is 19.8 Å². The predicted molar refractivity (Wildman–Crippen MR) is 71.2 cm³/mol. The Labute approximate surface area is 115 Å². The normalized spacial score (nSPS) is 10.5. The van der Waals surface area contributed by atoms with Gasteiger partial charge in [0, 0.05) is 11.1 Å². The van der Waals surface area contributed by atoms with E-state index < -0.39 is 5.82 Å². The van der Waals surface area contributed by atoms with E-state index in [9.17, 15) is 4.39 Å². The molecule has 5 heteroatoms. The lowest BCUT2D eigenvalue weighted by Gasteiger charge is -2.13. The van der Waals surface area contributed by atoms with E-state index in [1.165, 1.54) is 18.5 Å². The van der Waals surface area contributed by atoms with E-state index in [1.807, 2.05) is 19.9 Å². The summed E-state index contributed by atoms with van der Waals surface area (Å²) in [4.78, 5) is 8.12. The van der Waals surface area contributed by atoms with Gasteiger partial charge in [-0.2, -0.15) is 5.26 Å². The van der Waals surface area contributed by atoms with Crippen LogP contribution in [0.5, 0.6) is 0 Å². The first-order chi connectivity index (χ1) is 9.02. The second kappa shape index (κ2) is 5.33. The van der Waals surface area contributed by atoms with Crippen molar-refractivity contribution >= 4 is 11.6 Å². The minimum atomic E-state index is -0.474. The van der Waals surface area contributed by atoms with Crippen molar-refractivity contribution in [3.05, 3.63) is 46.6 Å². The molecule has 0 aliphatic heterocycles. The molecule has 0 N–H and O–H groups in total. The van der Waals surface area contributed by atoms with E-state index in [0.29, 0.717) is 16.4 Å². The topological polar surface area (TPSA) is 49.6 Å². The van der Waals surface area contributed by atoms with Crippen molar-refractivity contribution in [1.29, 1.82) is 5.26 Å². The van der Waals surface area contributed by atoms with Crippen molar-refractivity contribution < 1.29 is 4.39 Å². The third-order valence-electron chi connectivity index (χ3n) is 2.71. The summed E-state index contributed by atoms with van der Waals surface area (Å²) in [6.45, 7) is 3.91. The fourth-order valence-electron chi connectivity index (χ4n) is 1.91. The lowest BCUT2D eigenvalue weighted by atomic mass is 9.97. The molecule has 2 aromatic rings. The number of nitriles is 1. The molecule has 0 fully saturated rings.